The van der Waals surface area contributed by atoms with E-state index in [1.54, 1.807) is 18.2 Å². The summed E-state index contributed by atoms with van der Waals surface area (Å²) < 4.78 is 14.8. The zero-order valence-corrected chi connectivity index (χ0v) is 13.8. The molecule has 0 radical (unpaired) electrons. The normalized spacial score (nSPS) is 15.6. The van der Waals surface area contributed by atoms with Gasteiger partial charge in [0.05, 0.1) is 5.54 Å². The van der Waals surface area contributed by atoms with Gasteiger partial charge in [-0.2, -0.15) is 0 Å². The summed E-state index contributed by atoms with van der Waals surface area (Å²) in [6.07, 6.45) is 1.82. The first-order valence-corrected chi connectivity index (χ1v) is 8.22. The monoisotopic (exact) mass is 372 g/mol. The topological polar surface area (TPSA) is 44.9 Å². The molecule has 3 nitrogen and oxygen atoms in total. The van der Waals surface area contributed by atoms with Gasteiger partial charge in [0, 0.05) is 15.4 Å². The van der Waals surface area contributed by atoms with E-state index in [0.717, 1.165) is 22.9 Å². The summed E-state index contributed by atoms with van der Waals surface area (Å²) in [5.74, 6) is -0.534. The van der Waals surface area contributed by atoms with Crippen molar-refractivity contribution in [2.24, 2.45) is 0 Å². The third-order valence-corrected chi connectivity index (χ3v) is 4.88. The maximum absolute atomic E-state index is 13.8. The summed E-state index contributed by atoms with van der Waals surface area (Å²) >= 11 is 3.42. The van der Waals surface area contributed by atoms with Crippen LogP contribution in [0.25, 0.3) is 10.9 Å². The van der Waals surface area contributed by atoms with Crippen LogP contribution in [0.4, 0.5) is 4.39 Å². The second-order valence-electron chi connectivity index (χ2n) is 5.93. The number of nitrogens with one attached hydrogen (secondary N) is 2. The van der Waals surface area contributed by atoms with E-state index in [-0.39, 0.29) is 17.3 Å². The maximum atomic E-state index is 13.8. The van der Waals surface area contributed by atoms with Gasteiger partial charge in [0.25, 0.3) is 5.91 Å². The van der Waals surface area contributed by atoms with Crippen LogP contribution in [0.1, 0.15) is 28.9 Å². The summed E-state index contributed by atoms with van der Waals surface area (Å²) in [5.41, 5.74) is 1.81. The Morgan fingerprint density at radius 1 is 1.17 bits per heavy atom. The Balaban J connectivity index is 1.61. The van der Waals surface area contributed by atoms with Crippen molar-refractivity contribution in [3.63, 3.8) is 0 Å². The number of halogens is 2. The van der Waals surface area contributed by atoms with Crippen LogP contribution in [0.5, 0.6) is 0 Å². The minimum absolute atomic E-state index is 0.207. The molecule has 0 atom stereocenters. The number of aromatic amines is 1. The fourth-order valence-corrected chi connectivity index (χ4v) is 3.17. The van der Waals surface area contributed by atoms with Gasteiger partial charge in [-0.25, -0.2) is 4.39 Å². The molecule has 0 spiro atoms. The number of amides is 1. The molecule has 1 aliphatic carbocycles. The summed E-state index contributed by atoms with van der Waals surface area (Å²) in [6.45, 7) is 0. The average molecular weight is 373 g/mol. The van der Waals surface area contributed by atoms with Gasteiger partial charge in [0.15, 0.2) is 0 Å². The number of hydrogen-bond acceptors (Lipinski definition) is 1. The van der Waals surface area contributed by atoms with Crippen molar-refractivity contribution in [2.75, 3.05) is 0 Å². The van der Waals surface area contributed by atoms with Crippen LogP contribution in [-0.2, 0) is 5.54 Å². The number of H-pyrrole nitrogens is 1. The molecule has 0 unspecified atom stereocenters. The first-order chi connectivity index (χ1) is 11.1. The van der Waals surface area contributed by atoms with E-state index in [9.17, 15) is 9.18 Å². The lowest BCUT2D eigenvalue weighted by atomic mass is 10.0. The van der Waals surface area contributed by atoms with Crippen molar-refractivity contribution in [2.45, 2.75) is 18.4 Å². The Labute approximate surface area is 141 Å². The fourth-order valence-electron chi connectivity index (χ4n) is 2.90. The van der Waals surface area contributed by atoms with E-state index in [4.69, 9.17) is 0 Å². The molecule has 0 bridgehead atoms. The predicted molar refractivity (Wildman–Crippen MR) is 90.8 cm³/mol. The van der Waals surface area contributed by atoms with Gasteiger partial charge in [-0.3, -0.25) is 4.79 Å². The number of aromatic nitrogens is 1. The lowest BCUT2D eigenvalue weighted by Gasteiger charge is -2.17. The lowest BCUT2D eigenvalue weighted by Crippen LogP contribution is -2.35. The Morgan fingerprint density at radius 3 is 2.57 bits per heavy atom. The molecule has 5 heteroatoms. The minimum Gasteiger partial charge on any atom is -0.350 e. The van der Waals surface area contributed by atoms with Gasteiger partial charge in [-0.1, -0.05) is 34.1 Å². The molecule has 1 aromatic heterocycles. The van der Waals surface area contributed by atoms with Crippen LogP contribution in [0.2, 0.25) is 0 Å². The highest BCUT2D eigenvalue weighted by atomic mass is 79.9. The van der Waals surface area contributed by atoms with E-state index < -0.39 is 0 Å². The number of benzene rings is 2. The Morgan fingerprint density at radius 2 is 1.91 bits per heavy atom. The fraction of sp³-hybridized carbons (Fsp3) is 0.167. The maximum Gasteiger partial charge on any atom is 0.268 e. The summed E-state index contributed by atoms with van der Waals surface area (Å²) in [4.78, 5) is 15.5. The molecule has 0 aliphatic heterocycles. The van der Waals surface area contributed by atoms with Crippen molar-refractivity contribution in [3.05, 3.63) is 70.1 Å². The summed E-state index contributed by atoms with van der Waals surface area (Å²) in [7, 11) is 0. The average Bonchev–Trinajstić information content (AvgIpc) is 3.17. The van der Waals surface area contributed by atoms with Gasteiger partial charge < -0.3 is 10.3 Å². The van der Waals surface area contributed by atoms with E-state index in [2.05, 4.69) is 26.2 Å². The molecule has 1 aliphatic rings. The highest BCUT2D eigenvalue weighted by Gasteiger charge is 2.45. The van der Waals surface area contributed by atoms with Gasteiger partial charge in [0.1, 0.15) is 11.5 Å². The number of fused-ring (bicyclic) bond motifs is 1. The number of carbonyl (C=O) groups excluding carboxylic acids is 1. The Hall–Kier alpha value is -2.14. The van der Waals surface area contributed by atoms with Crippen molar-refractivity contribution < 1.29 is 9.18 Å². The predicted octanol–water partition coefficient (Wildman–Crippen LogP) is 4.49. The molecule has 1 amide bonds. The molecule has 4 rings (SSSR count). The molecule has 3 aromatic rings. The van der Waals surface area contributed by atoms with Gasteiger partial charge in [-0.15, -0.1) is 0 Å². The third-order valence-electron chi connectivity index (χ3n) is 4.36. The van der Waals surface area contributed by atoms with Crippen LogP contribution in [0, 0.1) is 5.82 Å². The second-order valence-corrected chi connectivity index (χ2v) is 6.84. The van der Waals surface area contributed by atoms with Crippen LogP contribution < -0.4 is 5.32 Å². The number of hydrogen-bond donors (Lipinski definition) is 2. The van der Waals surface area contributed by atoms with E-state index in [1.807, 2.05) is 24.3 Å². The lowest BCUT2D eigenvalue weighted by molar-refractivity contribution is 0.0926. The van der Waals surface area contributed by atoms with E-state index in [1.165, 1.54) is 6.07 Å². The standard InChI is InChI=1S/C18H14BrFN2O/c19-12-6-4-11(5-7-12)18(8-9-18)22-17(23)16-10-13-14(20)2-1-3-15(13)21-16/h1-7,10,21H,8-9H2,(H,22,23). The summed E-state index contributed by atoms with van der Waals surface area (Å²) in [6, 6.07) is 14.3. The largest absolute Gasteiger partial charge is 0.350 e. The molecule has 2 aromatic carbocycles. The molecular weight excluding hydrogens is 359 g/mol. The van der Waals surface area contributed by atoms with E-state index >= 15 is 0 Å². The van der Waals surface area contributed by atoms with Crippen molar-refractivity contribution in [3.8, 4) is 0 Å². The molecular formula is C18H14BrFN2O. The molecule has 2 N–H and O–H groups in total. The minimum atomic E-state index is -0.327. The van der Waals surface area contributed by atoms with Crippen molar-refractivity contribution in [1.29, 1.82) is 0 Å². The smallest absolute Gasteiger partial charge is 0.268 e. The quantitative estimate of drug-likeness (QED) is 0.698. The second kappa shape index (κ2) is 5.20. The Kier molecular flexibility index (Phi) is 3.27. The third kappa shape index (κ3) is 2.55. The molecule has 116 valence electrons. The van der Waals surface area contributed by atoms with Gasteiger partial charge in [-0.05, 0) is 48.7 Å². The van der Waals surface area contributed by atoms with Crippen LogP contribution >= 0.6 is 15.9 Å². The molecule has 0 saturated heterocycles. The van der Waals surface area contributed by atoms with Gasteiger partial charge in [0.2, 0.25) is 0 Å². The van der Waals surface area contributed by atoms with E-state index in [0.29, 0.717) is 16.6 Å². The van der Waals surface area contributed by atoms with Crippen LogP contribution in [0.3, 0.4) is 0 Å². The SMILES string of the molecule is O=C(NC1(c2ccc(Br)cc2)CC1)c1cc2c(F)cccc2[nH]1. The Bertz CT molecular complexity index is 897. The number of carbonyl (C=O) groups is 1. The molecule has 1 heterocycles. The number of rotatable bonds is 3. The zero-order valence-electron chi connectivity index (χ0n) is 12.2. The molecule has 1 fully saturated rings. The van der Waals surface area contributed by atoms with Crippen molar-refractivity contribution >= 4 is 32.7 Å². The van der Waals surface area contributed by atoms with Crippen LogP contribution in [0.15, 0.2) is 53.0 Å². The highest BCUT2D eigenvalue weighted by Crippen LogP contribution is 2.45. The first kappa shape index (κ1) is 14.5. The van der Waals surface area contributed by atoms with Gasteiger partial charge >= 0.3 is 0 Å². The highest BCUT2D eigenvalue weighted by molar-refractivity contribution is 9.10. The molecule has 1 saturated carbocycles. The van der Waals surface area contributed by atoms with Crippen molar-refractivity contribution in [1.82, 2.24) is 10.3 Å². The summed E-state index contributed by atoms with van der Waals surface area (Å²) in [5, 5.41) is 3.53. The zero-order chi connectivity index (χ0) is 16.0. The van der Waals surface area contributed by atoms with Crippen LogP contribution in [-0.4, -0.2) is 10.9 Å². The molecule has 23 heavy (non-hydrogen) atoms. The first-order valence-electron chi connectivity index (χ1n) is 7.43.